The van der Waals surface area contributed by atoms with Gasteiger partial charge in [-0.15, -0.1) is 0 Å². The molecule has 1 saturated carbocycles. The van der Waals surface area contributed by atoms with Crippen LogP contribution in [-0.2, 0) is 0 Å². The van der Waals surface area contributed by atoms with Gasteiger partial charge in [0.2, 0.25) is 0 Å². The number of hydrogen-bond donors (Lipinski definition) is 1. The van der Waals surface area contributed by atoms with E-state index in [0.717, 1.165) is 12.1 Å². The van der Waals surface area contributed by atoms with Crippen LogP contribution in [0.4, 0.5) is 0 Å². The van der Waals surface area contributed by atoms with Gasteiger partial charge in [-0.2, -0.15) is 0 Å². The van der Waals surface area contributed by atoms with Gasteiger partial charge in [0, 0.05) is 12.1 Å². The second-order valence-corrected chi connectivity index (χ2v) is 5.76. The molecule has 0 saturated heterocycles. The van der Waals surface area contributed by atoms with Crippen LogP contribution in [0.2, 0.25) is 0 Å². The van der Waals surface area contributed by atoms with Crippen LogP contribution >= 0.6 is 0 Å². The molecule has 3 nitrogen and oxygen atoms in total. The highest BCUT2D eigenvalue weighted by atomic mass is 15.1. The minimum atomic E-state index is 0.774. The zero-order chi connectivity index (χ0) is 12.7. The second-order valence-electron chi connectivity index (χ2n) is 5.76. The zero-order valence-electron chi connectivity index (χ0n) is 12.2. The minimum absolute atomic E-state index is 0.774. The van der Waals surface area contributed by atoms with Crippen LogP contribution in [-0.4, -0.2) is 62.7 Å². The summed E-state index contributed by atoms with van der Waals surface area (Å²) in [4.78, 5) is 4.84. The molecule has 0 aliphatic heterocycles. The van der Waals surface area contributed by atoms with Crippen molar-refractivity contribution in [1.82, 2.24) is 15.1 Å². The van der Waals surface area contributed by atoms with Crippen molar-refractivity contribution >= 4 is 0 Å². The van der Waals surface area contributed by atoms with Gasteiger partial charge in [0.05, 0.1) is 0 Å². The maximum absolute atomic E-state index is 3.66. The zero-order valence-corrected chi connectivity index (χ0v) is 12.2. The molecule has 0 bridgehead atoms. The molecule has 0 aromatic rings. The topological polar surface area (TPSA) is 18.5 Å². The van der Waals surface area contributed by atoms with Crippen LogP contribution in [0.1, 0.15) is 39.0 Å². The van der Waals surface area contributed by atoms with E-state index in [4.69, 9.17) is 0 Å². The molecule has 102 valence electrons. The van der Waals surface area contributed by atoms with E-state index in [2.05, 4.69) is 43.2 Å². The maximum atomic E-state index is 3.66. The fraction of sp³-hybridized carbons (Fsp3) is 1.00. The summed E-state index contributed by atoms with van der Waals surface area (Å²) in [6.45, 7) is 5.87. The van der Waals surface area contributed by atoms with Crippen molar-refractivity contribution in [2.24, 2.45) is 0 Å². The Balaban J connectivity index is 2.14. The van der Waals surface area contributed by atoms with E-state index in [0.29, 0.717) is 0 Å². The van der Waals surface area contributed by atoms with Gasteiger partial charge in [-0.3, -0.25) is 0 Å². The SMILES string of the molecule is CCCNC1CCC(N(C)CCCN(C)C)C1. The molecule has 1 rings (SSSR count). The van der Waals surface area contributed by atoms with E-state index in [-0.39, 0.29) is 0 Å². The Morgan fingerprint density at radius 3 is 2.53 bits per heavy atom. The predicted octanol–water partition coefficient (Wildman–Crippen LogP) is 1.79. The summed E-state index contributed by atoms with van der Waals surface area (Å²) in [5, 5.41) is 3.66. The molecule has 0 amide bonds. The second kappa shape index (κ2) is 8.06. The first-order chi connectivity index (χ1) is 8.13. The van der Waals surface area contributed by atoms with E-state index in [9.17, 15) is 0 Å². The van der Waals surface area contributed by atoms with Gasteiger partial charge in [-0.25, -0.2) is 0 Å². The van der Waals surface area contributed by atoms with Crippen molar-refractivity contribution in [1.29, 1.82) is 0 Å². The third-order valence-electron chi connectivity index (χ3n) is 3.83. The summed E-state index contributed by atoms with van der Waals surface area (Å²) < 4.78 is 0. The summed E-state index contributed by atoms with van der Waals surface area (Å²) in [5.41, 5.74) is 0. The number of nitrogens with zero attached hydrogens (tertiary/aromatic N) is 2. The maximum Gasteiger partial charge on any atom is 0.0108 e. The van der Waals surface area contributed by atoms with E-state index < -0.39 is 0 Å². The molecule has 1 aliphatic rings. The highest BCUT2D eigenvalue weighted by Gasteiger charge is 2.26. The molecule has 3 heteroatoms. The molecule has 17 heavy (non-hydrogen) atoms. The van der Waals surface area contributed by atoms with Crippen LogP contribution in [0.25, 0.3) is 0 Å². The molecule has 0 aromatic heterocycles. The minimum Gasteiger partial charge on any atom is -0.314 e. The molecule has 0 radical (unpaired) electrons. The van der Waals surface area contributed by atoms with Crippen LogP contribution in [0.3, 0.4) is 0 Å². The first-order valence-electron chi connectivity index (χ1n) is 7.21. The van der Waals surface area contributed by atoms with Crippen molar-refractivity contribution < 1.29 is 0 Å². The van der Waals surface area contributed by atoms with Gasteiger partial charge in [-0.05, 0) is 72.9 Å². The van der Waals surface area contributed by atoms with Gasteiger partial charge >= 0.3 is 0 Å². The van der Waals surface area contributed by atoms with Crippen LogP contribution in [0, 0.1) is 0 Å². The lowest BCUT2D eigenvalue weighted by Gasteiger charge is -2.25. The molecule has 0 aromatic carbocycles. The Bertz CT molecular complexity index is 194. The molecule has 1 fully saturated rings. The fourth-order valence-electron chi connectivity index (χ4n) is 2.71. The van der Waals surface area contributed by atoms with Gasteiger partial charge in [0.25, 0.3) is 0 Å². The lowest BCUT2D eigenvalue weighted by atomic mass is 10.2. The highest BCUT2D eigenvalue weighted by molar-refractivity contribution is 4.85. The Morgan fingerprint density at radius 2 is 1.88 bits per heavy atom. The standard InChI is InChI=1S/C14H31N3/c1-5-9-15-13-7-8-14(12-13)17(4)11-6-10-16(2)3/h13-15H,5-12H2,1-4H3. The smallest absolute Gasteiger partial charge is 0.0108 e. The molecule has 2 unspecified atom stereocenters. The van der Waals surface area contributed by atoms with Crippen molar-refractivity contribution in [2.45, 2.75) is 51.1 Å². The van der Waals surface area contributed by atoms with Gasteiger partial charge < -0.3 is 15.1 Å². The first kappa shape index (κ1) is 14.9. The summed E-state index contributed by atoms with van der Waals surface area (Å²) in [6, 6.07) is 1.59. The van der Waals surface area contributed by atoms with E-state index >= 15 is 0 Å². The van der Waals surface area contributed by atoms with Crippen molar-refractivity contribution in [2.75, 3.05) is 40.8 Å². The van der Waals surface area contributed by atoms with E-state index in [1.54, 1.807) is 0 Å². The lowest BCUT2D eigenvalue weighted by molar-refractivity contribution is 0.228. The molecular formula is C14H31N3. The van der Waals surface area contributed by atoms with E-state index in [1.165, 1.54) is 51.7 Å². The summed E-state index contributed by atoms with van der Waals surface area (Å²) in [5.74, 6) is 0. The van der Waals surface area contributed by atoms with Crippen molar-refractivity contribution in [3.8, 4) is 0 Å². The number of nitrogens with one attached hydrogen (secondary N) is 1. The van der Waals surface area contributed by atoms with Crippen molar-refractivity contribution in [3.05, 3.63) is 0 Å². The Labute approximate surface area is 108 Å². The third-order valence-corrected chi connectivity index (χ3v) is 3.83. The number of hydrogen-bond acceptors (Lipinski definition) is 3. The summed E-state index contributed by atoms with van der Waals surface area (Å²) in [6.07, 6.45) is 6.62. The van der Waals surface area contributed by atoms with Crippen LogP contribution in [0.15, 0.2) is 0 Å². The highest BCUT2D eigenvalue weighted by Crippen LogP contribution is 2.23. The van der Waals surface area contributed by atoms with Gasteiger partial charge in [0.15, 0.2) is 0 Å². The first-order valence-corrected chi connectivity index (χ1v) is 7.21. The predicted molar refractivity (Wildman–Crippen MR) is 75.5 cm³/mol. The van der Waals surface area contributed by atoms with Crippen molar-refractivity contribution in [3.63, 3.8) is 0 Å². The molecule has 0 heterocycles. The lowest BCUT2D eigenvalue weighted by Crippen LogP contribution is -2.34. The fourth-order valence-corrected chi connectivity index (χ4v) is 2.71. The quantitative estimate of drug-likeness (QED) is 0.699. The van der Waals surface area contributed by atoms with Gasteiger partial charge in [0.1, 0.15) is 0 Å². The van der Waals surface area contributed by atoms with Crippen LogP contribution in [0.5, 0.6) is 0 Å². The third kappa shape index (κ3) is 5.84. The van der Waals surface area contributed by atoms with E-state index in [1.807, 2.05) is 0 Å². The van der Waals surface area contributed by atoms with Gasteiger partial charge in [-0.1, -0.05) is 6.92 Å². The van der Waals surface area contributed by atoms with Crippen LogP contribution < -0.4 is 5.32 Å². The molecule has 1 aliphatic carbocycles. The largest absolute Gasteiger partial charge is 0.314 e. The summed E-state index contributed by atoms with van der Waals surface area (Å²) >= 11 is 0. The Hall–Kier alpha value is -0.120. The monoisotopic (exact) mass is 241 g/mol. The molecular weight excluding hydrogens is 210 g/mol. The Morgan fingerprint density at radius 1 is 1.12 bits per heavy atom. The normalized spacial score (nSPS) is 25.1. The summed E-state index contributed by atoms with van der Waals surface area (Å²) in [7, 11) is 6.60. The average Bonchev–Trinajstić information content (AvgIpc) is 2.74. The Kier molecular flexibility index (Phi) is 7.09. The number of rotatable bonds is 8. The molecule has 1 N–H and O–H groups in total. The average molecular weight is 241 g/mol. The molecule has 2 atom stereocenters. The molecule has 0 spiro atoms.